The van der Waals surface area contributed by atoms with Crippen LogP contribution in [0.4, 0.5) is 0 Å². The highest BCUT2D eigenvalue weighted by molar-refractivity contribution is 5.90. The first kappa shape index (κ1) is 12.0. The zero-order chi connectivity index (χ0) is 13.4. The Morgan fingerprint density at radius 2 is 1.74 bits per heavy atom. The Labute approximate surface area is 112 Å². The highest BCUT2D eigenvalue weighted by Gasteiger charge is 2.23. The second-order valence-electron chi connectivity index (χ2n) is 5.15. The van der Waals surface area contributed by atoms with Gasteiger partial charge in [-0.25, -0.2) is 4.79 Å². The highest BCUT2D eigenvalue weighted by atomic mass is 16.5. The quantitative estimate of drug-likeness (QED) is 0.604. The van der Waals surface area contributed by atoms with E-state index in [9.17, 15) is 4.79 Å². The molecule has 0 atom stereocenters. The van der Waals surface area contributed by atoms with Gasteiger partial charge in [-0.2, -0.15) is 0 Å². The number of benzene rings is 2. The Kier molecular flexibility index (Phi) is 2.86. The first-order valence-corrected chi connectivity index (χ1v) is 6.51. The topological polar surface area (TPSA) is 26.3 Å². The fourth-order valence-electron chi connectivity index (χ4n) is 2.74. The summed E-state index contributed by atoms with van der Waals surface area (Å²) >= 11 is 0. The molecule has 0 amide bonds. The monoisotopic (exact) mass is 252 g/mol. The Bertz CT molecular complexity index is 629. The minimum absolute atomic E-state index is 0.0790. The number of carbonyl (C=O) groups is 1. The highest BCUT2D eigenvalue weighted by Crippen LogP contribution is 2.30. The SMILES string of the molecule is C=C(C)C(=O)OC1Cc2cccc3cccc(c23)C1. The minimum atomic E-state index is -0.295. The summed E-state index contributed by atoms with van der Waals surface area (Å²) in [5.74, 6) is -0.295. The van der Waals surface area contributed by atoms with Crippen molar-refractivity contribution in [2.45, 2.75) is 25.9 Å². The van der Waals surface area contributed by atoms with E-state index in [1.165, 1.54) is 21.9 Å². The molecule has 0 radical (unpaired) electrons. The van der Waals surface area contributed by atoms with Crippen molar-refractivity contribution in [2.75, 3.05) is 0 Å². The predicted molar refractivity (Wildman–Crippen MR) is 76.1 cm³/mol. The molecule has 2 heteroatoms. The normalized spacial score (nSPS) is 14.4. The van der Waals surface area contributed by atoms with Gasteiger partial charge in [0.25, 0.3) is 0 Å². The summed E-state index contributed by atoms with van der Waals surface area (Å²) in [4.78, 5) is 11.6. The Morgan fingerprint density at radius 1 is 1.16 bits per heavy atom. The fraction of sp³-hybridized carbons (Fsp3) is 0.235. The van der Waals surface area contributed by atoms with Crippen LogP contribution in [0.15, 0.2) is 48.6 Å². The van der Waals surface area contributed by atoms with Crippen molar-refractivity contribution in [3.05, 3.63) is 59.7 Å². The van der Waals surface area contributed by atoms with Gasteiger partial charge < -0.3 is 4.74 Å². The van der Waals surface area contributed by atoms with Crippen LogP contribution in [0.25, 0.3) is 10.8 Å². The van der Waals surface area contributed by atoms with E-state index < -0.39 is 0 Å². The Hall–Kier alpha value is -2.09. The zero-order valence-electron chi connectivity index (χ0n) is 11.0. The minimum Gasteiger partial charge on any atom is -0.458 e. The van der Waals surface area contributed by atoms with Gasteiger partial charge in [-0.05, 0) is 28.8 Å². The molecule has 96 valence electrons. The lowest BCUT2D eigenvalue weighted by atomic mass is 9.87. The predicted octanol–water partition coefficient (Wildman–Crippen LogP) is 3.43. The summed E-state index contributed by atoms with van der Waals surface area (Å²) in [6.07, 6.45) is 1.49. The Balaban J connectivity index is 1.95. The van der Waals surface area contributed by atoms with Gasteiger partial charge in [-0.3, -0.25) is 0 Å². The number of rotatable bonds is 2. The summed E-state index contributed by atoms with van der Waals surface area (Å²) in [6, 6.07) is 12.6. The van der Waals surface area contributed by atoms with E-state index in [1.807, 2.05) is 0 Å². The summed E-state index contributed by atoms with van der Waals surface area (Å²) < 4.78 is 5.50. The van der Waals surface area contributed by atoms with Crippen molar-refractivity contribution in [3.8, 4) is 0 Å². The fourth-order valence-corrected chi connectivity index (χ4v) is 2.74. The maximum atomic E-state index is 11.6. The first-order chi connectivity index (χ1) is 9.15. The molecule has 0 aromatic heterocycles. The number of esters is 1. The van der Waals surface area contributed by atoms with E-state index in [-0.39, 0.29) is 12.1 Å². The second kappa shape index (κ2) is 4.54. The average Bonchev–Trinajstić information content (AvgIpc) is 2.39. The summed E-state index contributed by atoms with van der Waals surface area (Å²) in [5.41, 5.74) is 2.98. The number of hydrogen-bond donors (Lipinski definition) is 0. The maximum Gasteiger partial charge on any atom is 0.333 e. The van der Waals surface area contributed by atoms with E-state index in [2.05, 4.69) is 43.0 Å². The van der Waals surface area contributed by atoms with E-state index >= 15 is 0 Å². The van der Waals surface area contributed by atoms with Gasteiger partial charge in [0.15, 0.2) is 0 Å². The summed E-state index contributed by atoms with van der Waals surface area (Å²) in [7, 11) is 0. The average molecular weight is 252 g/mol. The molecule has 3 rings (SSSR count). The van der Waals surface area contributed by atoms with Crippen molar-refractivity contribution in [1.82, 2.24) is 0 Å². The summed E-state index contributed by atoms with van der Waals surface area (Å²) in [5, 5.41) is 2.59. The van der Waals surface area contributed by atoms with Crippen molar-refractivity contribution >= 4 is 16.7 Å². The molecule has 1 aliphatic carbocycles. The third-order valence-corrected chi connectivity index (χ3v) is 3.59. The second-order valence-corrected chi connectivity index (χ2v) is 5.15. The molecule has 19 heavy (non-hydrogen) atoms. The van der Waals surface area contributed by atoms with Gasteiger partial charge in [0, 0.05) is 18.4 Å². The molecule has 0 bridgehead atoms. The molecule has 0 saturated heterocycles. The van der Waals surface area contributed by atoms with Crippen LogP contribution < -0.4 is 0 Å². The van der Waals surface area contributed by atoms with Crippen LogP contribution in [0.2, 0.25) is 0 Å². The van der Waals surface area contributed by atoms with Crippen molar-refractivity contribution in [2.24, 2.45) is 0 Å². The number of ether oxygens (including phenoxy) is 1. The van der Waals surface area contributed by atoms with Crippen molar-refractivity contribution < 1.29 is 9.53 Å². The van der Waals surface area contributed by atoms with Crippen LogP contribution in [-0.2, 0) is 22.4 Å². The molecular formula is C17H16O2. The molecule has 0 unspecified atom stereocenters. The first-order valence-electron chi connectivity index (χ1n) is 6.51. The third kappa shape index (κ3) is 2.14. The molecule has 0 fully saturated rings. The van der Waals surface area contributed by atoms with Gasteiger partial charge in [0.2, 0.25) is 0 Å². The zero-order valence-corrected chi connectivity index (χ0v) is 11.0. The summed E-state index contributed by atoms with van der Waals surface area (Å²) in [6.45, 7) is 5.31. The molecule has 0 spiro atoms. The third-order valence-electron chi connectivity index (χ3n) is 3.59. The lowest BCUT2D eigenvalue weighted by molar-refractivity contribution is -0.144. The molecule has 2 aromatic rings. The smallest absolute Gasteiger partial charge is 0.333 e. The van der Waals surface area contributed by atoms with Crippen LogP contribution in [-0.4, -0.2) is 12.1 Å². The van der Waals surface area contributed by atoms with Crippen molar-refractivity contribution in [1.29, 1.82) is 0 Å². The molecule has 1 aliphatic rings. The molecular weight excluding hydrogens is 236 g/mol. The molecule has 0 heterocycles. The van der Waals surface area contributed by atoms with Crippen LogP contribution >= 0.6 is 0 Å². The van der Waals surface area contributed by atoms with Crippen LogP contribution in [0.3, 0.4) is 0 Å². The molecule has 2 aromatic carbocycles. The molecule has 0 N–H and O–H groups in total. The van der Waals surface area contributed by atoms with E-state index in [1.54, 1.807) is 6.92 Å². The van der Waals surface area contributed by atoms with Crippen LogP contribution in [0.5, 0.6) is 0 Å². The van der Waals surface area contributed by atoms with Gasteiger partial charge in [-0.1, -0.05) is 43.0 Å². The van der Waals surface area contributed by atoms with Gasteiger partial charge >= 0.3 is 5.97 Å². The Morgan fingerprint density at radius 3 is 2.26 bits per heavy atom. The van der Waals surface area contributed by atoms with E-state index in [4.69, 9.17) is 4.74 Å². The van der Waals surface area contributed by atoms with E-state index in [0.29, 0.717) is 5.57 Å². The maximum absolute atomic E-state index is 11.6. The number of hydrogen-bond acceptors (Lipinski definition) is 2. The molecule has 0 aliphatic heterocycles. The molecule has 0 saturated carbocycles. The van der Waals surface area contributed by atoms with Crippen molar-refractivity contribution in [3.63, 3.8) is 0 Å². The van der Waals surface area contributed by atoms with E-state index in [0.717, 1.165) is 12.8 Å². The van der Waals surface area contributed by atoms with Gasteiger partial charge in [-0.15, -0.1) is 0 Å². The van der Waals surface area contributed by atoms with Gasteiger partial charge in [0.05, 0.1) is 0 Å². The standard InChI is InChI=1S/C17H16O2/c1-11(2)17(18)19-15-9-13-7-3-5-12-6-4-8-14(10-15)16(12)13/h3-8,15H,1,9-10H2,2H3. The van der Waals surface area contributed by atoms with Crippen LogP contribution in [0.1, 0.15) is 18.1 Å². The molecule has 2 nitrogen and oxygen atoms in total. The largest absolute Gasteiger partial charge is 0.458 e. The van der Waals surface area contributed by atoms with Crippen LogP contribution in [0, 0.1) is 0 Å². The number of carbonyl (C=O) groups excluding carboxylic acids is 1. The lowest BCUT2D eigenvalue weighted by Gasteiger charge is -2.25. The lowest BCUT2D eigenvalue weighted by Crippen LogP contribution is -2.26. The van der Waals surface area contributed by atoms with Gasteiger partial charge in [0.1, 0.15) is 6.10 Å².